The lowest BCUT2D eigenvalue weighted by molar-refractivity contribution is -0.302. The molecule has 0 atom stereocenters. The van der Waals surface area contributed by atoms with Gasteiger partial charge in [0.15, 0.2) is 0 Å². The average Bonchev–Trinajstić information content (AvgIpc) is 2.60. The van der Waals surface area contributed by atoms with Crippen molar-refractivity contribution in [1.29, 1.82) is 5.41 Å². The first-order chi connectivity index (χ1) is 13.4. The Labute approximate surface area is 164 Å². The molecule has 1 aliphatic heterocycles. The number of carboxylic acids is 1. The number of benzene rings is 2. The number of ether oxygens (including phenoxy) is 1. The Bertz CT molecular complexity index is 746. The average molecular weight is 382 g/mol. The molecule has 1 heterocycles. The molecule has 3 N–H and O–H groups in total. The molecule has 3 rings (SSSR count). The number of carboxylic acid groups (broad SMARTS) is 1. The van der Waals surface area contributed by atoms with Crippen LogP contribution in [0.1, 0.15) is 30.5 Å². The Morgan fingerprint density at radius 3 is 1.93 bits per heavy atom. The van der Waals surface area contributed by atoms with E-state index in [0.717, 1.165) is 6.92 Å². The van der Waals surface area contributed by atoms with E-state index < -0.39 is 11.9 Å². The zero-order valence-electron chi connectivity index (χ0n) is 15.7. The molecule has 2 aromatic carbocycles. The molecule has 7 nitrogen and oxygen atoms in total. The number of carbonyl (C=O) groups excluding carboxylic acids is 2. The van der Waals surface area contributed by atoms with Crippen LogP contribution in [0.25, 0.3) is 0 Å². The summed E-state index contributed by atoms with van der Waals surface area (Å²) in [6, 6.07) is 20.8. The number of hydrogen-bond acceptors (Lipinski definition) is 6. The lowest BCUT2D eigenvalue weighted by atomic mass is 9.94. The van der Waals surface area contributed by atoms with Crippen molar-refractivity contribution in [1.82, 2.24) is 4.90 Å². The maximum absolute atomic E-state index is 11.6. The van der Waals surface area contributed by atoms with Crippen LogP contribution in [0.4, 0.5) is 0 Å². The van der Waals surface area contributed by atoms with Crippen molar-refractivity contribution in [2.45, 2.75) is 25.5 Å². The van der Waals surface area contributed by atoms with Crippen LogP contribution in [-0.4, -0.2) is 41.9 Å². The molecule has 0 aromatic heterocycles. The first-order valence-corrected chi connectivity index (χ1v) is 8.90. The molecule has 0 saturated carbocycles. The highest BCUT2D eigenvalue weighted by molar-refractivity contribution is 5.94. The molecule has 0 bridgehead atoms. The quantitative estimate of drug-likeness (QED) is 0.438. The standard InChI is InChI=1S/C19H21N3O2.C2H4O2/c20-17(21)11-18(23)24-16-12-22(13-16)19(14-7-3-1-4-8-14)15-9-5-2-6-10-15;1-2(3)4/h1-10,16,19H,11-13H2,(H3,20,21);1H3,(H,3,4)/p-1. The molecule has 1 saturated heterocycles. The van der Waals surface area contributed by atoms with E-state index in [-0.39, 0.29) is 24.4 Å². The molecule has 0 radical (unpaired) electrons. The number of aliphatic carboxylic acids is 1. The summed E-state index contributed by atoms with van der Waals surface area (Å²) in [5.41, 5.74) is 7.67. The second-order valence-corrected chi connectivity index (χ2v) is 6.48. The first-order valence-electron chi connectivity index (χ1n) is 8.90. The van der Waals surface area contributed by atoms with Gasteiger partial charge in [-0.3, -0.25) is 15.1 Å². The first kappa shape index (κ1) is 21.1. The summed E-state index contributed by atoms with van der Waals surface area (Å²) in [6.07, 6.45) is -0.274. The number of nitrogens with one attached hydrogen (secondary N) is 1. The van der Waals surface area contributed by atoms with Crippen molar-refractivity contribution in [2.75, 3.05) is 13.1 Å². The van der Waals surface area contributed by atoms with E-state index in [1.165, 1.54) is 11.1 Å². The van der Waals surface area contributed by atoms with Gasteiger partial charge in [0, 0.05) is 19.1 Å². The van der Waals surface area contributed by atoms with Gasteiger partial charge in [0.2, 0.25) is 0 Å². The van der Waals surface area contributed by atoms with E-state index >= 15 is 0 Å². The van der Waals surface area contributed by atoms with E-state index in [0.29, 0.717) is 13.1 Å². The maximum Gasteiger partial charge on any atom is 0.313 e. The lowest BCUT2D eigenvalue weighted by Crippen LogP contribution is -2.54. The summed E-state index contributed by atoms with van der Waals surface area (Å²) < 4.78 is 5.35. The van der Waals surface area contributed by atoms with Gasteiger partial charge < -0.3 is 20.4 Å². The predicted octanol–water partition coefficient (Wildman–Crippen LogP) is 1.09. The number of nitrogens with zero attached hydrogens (tertiary/aromatic N) is 1. The van der Waals surface area contributed by atoms with Gasteiger partial charge in [-0.1, -0.05) is 60.7 Å². The fraction of sp³-hybridized carbons (Fsp3) is 0.286. The van der Waals surface area contributed by atoms with Crippen molar-refractivity contribution in [3.63, 3.8) is 0 Å². The van der Waals surface area contributed by atoms with Gasteiger partial charge >= 0.3 is 5.97 Å². The minimum atomic E-state index is -1.08. The molecular formula is C21H24N3O4-. The Morgan fingerprint density at radius 2 is 1.54 bits per heavy atom. The number of rotatable bonds is 6. The van der Waals surface area contributed by atoms with Crippen molar-refractivity contribution in [2.24, 2.45) is 5.73 Å². The molecular weight excluding hydrogens is 358 g/mol. The molecule has 1 fully saturated rings. The van der Waals surface area contributed by atoms with Gasteiger partial charge in [0.25, 0.3) is 0 Å². The molecule has 148 valence electrons. The topological polar surface area (TPSA) is 120 Å². The van der Waals surface area contributed by atoms with Crippen LogP contribution in [0.2, 0.25) is 0 Å². The number of esters is 1. The summed E-state index contributed by atoms with van der Waals surface area (Å²) in [6.45, 7) is 2.33. The molecule has 1 aliphatic rings. The summed E-state index contributed by atoms with van der Waals surface area (Å²) in [7, 11) is 0. The number of likely N-dealkylation sites (tertiary alicyclic amines) is 1. The molecule has 28 heavy (non-hydrogen) atoms. The maximum atomic E-state index is 11.6. The number of nitrogens with two attached hydrogens (primary N) is 1. The highest BCUT2D eigenvalue weighted by Crippen LogP contribution is 2.32. The van der Waals surface area contributed by atoms with Gasteiger partial charge in [-0.15, -0.1) is 0 Å². The third-order valence-corrected chi connectivity index (χ3v) is 4.10. The smallest absolute Gasteiger partial charge is 0.313 e. The van der Waals surface area contributed by atoms with Crippen LogP contribution in [0.3, 0.4) is 0 Å². The molecule has 0 spiro atoms. The predicted molar refractivity (Wildman–Crippen MR) is 103 cm³/mol. The van der Waals surface area contributed by atoms with E-state index in [1.54, 1.807) is 0 Å². The second kappa shape index (κ2) is 10.2. The van der Waals surface area contributed by atoms with Gasteiger partial charge in [-0.25, -0.2) is 0 Å². The molecule has 0 unspecified atom stereocenters. The van der Waals surface area contributed by atoms with Crippen LogP contribution >= 0.6 is 0 Å². The number of carbonyl (C=O) groups is 2. The molecule has 0 amide bonds. The third kappa shape index (κ3) is 6.51. The van der Waals surface area contributed by atoms with Crippen LogP contribution in [0, 0.1) is 5.41 Å². The van der Waals surface area contributed by atoms with Gasteiger partial charge in [0.05, 0.1) is 6.04 Å². The normalized spacial score (nSPS) is 13.8. The van der Waals surface area contributed by atoms with Crippen LogP contribution in [-0.2, 0) is 14.3 Å². The lowest BCUT2D eigenvalue weighted by Gasteiger charge is -2.44. The van der Waals surface area contributed by atoms with Crippen LogP contribution < -0.4 is 10.8 Å². The van der Waals surface area contributed by atoms with E-state index in [9.17, 15) is 4.79 Å². The number of amidine groups is 1. The fourth-order valence-electron chi connectivity index (χ4n) is 3.02. The Hall–Kier alpha value is -3.19. The van der Waals surface area contributed by atoms with Crippen molar-refractivity contribution >= 4 is 17.8 Å². The van der Waals surface area contributed by atoms with Crippen molar-refractivity contribution in [3.05, 3.63) is 71.8 Å². The summed E-state index contributed by atoms with van der Waals surface area (Å²) in [4.78, 5) is 22.8. The minimum absolute atomic E-state index is 0.133. The summed E-state index contributed by atoms with van der Waals surface area (Å²) in [5.74, 6) is -1.68. The van der Waals surface area contributed by atoms with Crippen molar-refractivity contribution < 1.29 is 19.4 Å². The zero-order chi connectivity index (χ0) is 20.5. The fourth-order valence-corrected chi connectivity index (χ4v) is 3.02. The van der Waals surface area contributed by atoms with Gasteiger partial charge in [-0.05, 0) is 18.1 Å². The van der Waals surface area contributed by atoms with Crippen LogP contribution in [0.15, 0.2) is 60.7 Å². The monoisotopic (exact) mass is 382 g/mol. The Balaban J connectivity index is 0.000000640. The number of hydrogen-bond donors (Lipinski definition) is 2. The summed E-state index contributed by atoms with van der Waals surface area (Å²) in [5, 5.41) is 16.0. The Morgan fingerprint density at radius 1 is 1.11 bits per heavy atom. The molecule has 0 aliphatic carbocycles. The minimum Gasteiger partial charge on any atom is -0.550 e. The second-order valence-electron chi connectivity index (χ2n) is 6.48. The zero-order valence-corrected chi connectivity index (χ0v) is 15.7. The SMILES string of the molecule is CC(=O)[O-].N=C(N)CC(=O)OC1CN(C(c2ccccc2)c2ccccc2)C1. The van der Waals surface area contributed by atoms with E-state index in [4.69, 9.17) is 25.8 Å². The van der Waals surface area contributed by atoms with Gasteiger partial charge in [-0.2, -0.15) is 0 Å². The van der Waals surface area contributed by atoms with Crippen molar-refractivity contribution in [3.8, 4) is 0 Å². The molecule has 2 aromatic rings. The van der Waals surface area contributed by atoms with E-state index in [2.05, 4.69) is 29.2 Å². The highest BCUT2D eigenvalue weighted by Gasteiger charge is 2.36. The van der Waals surface area contributed by atoms with Gasteiger partial charge in [0.1, 0.15) is 18.4 Å². The largest absolute Gasteiger partial charge is 0.550 e. The Kier molecular flexibility index (Phi) is 7.71. The third-order valence-electron chi connectivity index (χ3n) is 4.10. The molecule has 7 heteroatoms. The highest BCUT2D eigenvalue weighted by atomic mass is 16.5. The van der Waals surface area contributed by atoms with E-state index in [1.807, 2.05) is 36.4 Å². The summed E-state index contributed by atoms with van der Waals surface area (Å²) >= 11 is 0. The van der Waals surface area contributed by atoms with Crippen LogP contribution in [0.5, 0.6) is 0 Å².